The molecular weight excluding hydrogens is 940 g/mol. The molecule has 5 nitrogen and oxygen atoms in total. The van der Waals surface area contributed by atoms with Crippen LogP contribution in [0.25, 0.3) is 38.8 Å². The molecule has 9 rings (SSSR count). The van der Waals surface area contributed by atoms with E-state index in [1.54, 1.807) is 0 Å². The molecule has 0 bridgehead atoms. The van der Waals surface area contributed by atoms with Crippen molar-refractivity contribution >= 4 is 44.8 Å². The molecule has 7 aromatic rings. The number of nitrogens with zero attached hydrogens (tertiary/aromatic N) is 4. The van der Waals surface area contributed by atoms with Crippen molar-refractivity contribution in [3.63, 3.8) is 0 Å². The van der Waals surface area contributed by atoms with Gasteiger partial charge in [0.15, 0.2) is 0 Å². The van der Waals surface area contributed by atoms with Crippen LogP contribution in [-0.2, 0) is 36.6 Å². The zero-order valence-electron chi connectivity index (χ0n) is 38.4. The maximum absolute atomic E-state index is 6.68. The van der Waals surface area contributed by atoms with Gasteiger partial charge in [0.05, 0.1) is 5.54 Å². The monoisotopic (exact) mass is 999 g/mol. The molecule has 62 heavy (non-hydrogen) atoms. The number of benzene rings is 5. The van der Waals surface area contributed by atoms with Gasteiger partial charge < -0.3 is 14.2 Å². The van der Waals surface area contributed by atoms with E-state index in [9.17, 15) is 0 Å². The van der Waals surface area contributed by atoms with E-state index >= 15 is 0 Å². The van der Waals surface area contributed by atoms with Gasteiger partial charge in [-0.1, -0.05) is 138 Å². The van der Waals surface area contributed by atoms with Gasteiger partial charge in [-0.15, -0.1) is 35.2 Å². The van der Waals surface area contributed by atoms with Crippen LogP contribution in [0.4, 0.5) is 17.1 Å². The van der Waals surface area contributed by atoms with Gasteiger partial charge >= 0.3 is 21.1 Å². The topological polar surface area (TPSA) is 42.6 Å². The summed E-state index contributed by atoms with van der Waals surface area (Å²) < 4.78 is 8.99. The third-order valence-electron chi connectivity index (χ3n) is 13.6. The number of pyridine rings is 1. The number of aromatic nitrogens is 2. The van der Waals surface area contributed by atoms with Gasteiger partial charge in [0.1, 0.15) is 18.3 Å². The number of rotatable bonds is 9. The van der Waals surface area contributed by atoms with Gasteiger partial charge in [0.2, 0.25) is 0 Å². The number of fused-ring (bicyclic) bond motifs is 5. The van der Waals surface area contributed by atoms with Crippen LogP contribution < -0.4 is 4.90 Å². The molecule has 0 saturated heterocycles. The van der Waals surface area contributed by atoms with Crippen LogP contribution >= 0.6 is 0 Å². The van der Waals surface area contributed by atoms with Gasteiger partial charge in [-0.25, -0.2) is 4.98 Å². The molecule has 2 aromatic heterocycles. The van der Waals surface area contributed by atoms with Gasteiger partial charge in [-0.05, 0) is 120 Å². The van der Waals surface area contributed by atoms with E-state index in [1.165, 1.54) is 49.7 Å². The Bertz CT molecular complexity index is 2850. The van der Waals surface area contributed by atoms with Crippen molar-refractivity contribution in [1.82, 2.24) is 9.55 Å². The van der Waals surface area contributed by atoms with Crippen molar-refractivity contribution in [2.45, 2.75) is 118 Å². The normalized spacial score (nSPS) is 16.9. The fourth-order valence-electron chi connectivity index (χ4n) is 10.2. The molecule has 4 heterocycles. The van der Waals surface area contributed by atoms with Gasteiger partial charge in [0, 0.05) is 17.4 Å². The number of hydrogen-bond acceptors (Lipinski definition) is 4. The van der Waals surface area contributed by atoms with E-state index in [0.717, 1.165) is 70.7 Å². The quantitative estimate of drug-likeness (QED) is 0.135. The van der Waals surface area contributed by atoms with E-state index < -0.39 is 0 Å². The Hall–Kier alpha value is -4.99. The summed E-state index contributed by atoms with van der Waals surface area (Å²) >= 11 is 0. The fraction of sp³-hybridized carbons (Fsp3) is 0.357. The smallest absolute Gasteiger partial charge is 0.518 e. The summed E-state index contributed by atoms with van der Waals surface area (Å²) in [5.74, 6) is 2.03. The number of aliphatic imine (C=N–C) groups is 1. The Morgan fingerprint density at radius 2 is 1.52 bits per heavy atom. The van der Waals surface area contributed by atoms with E-state index in [0.29, 0.717) is 18.4 Å². The molecule has 0 unspecified atom stereocenters. The molecule has 5 aromatic carbocycles. The second kappa shape index (κ2) is 16.3. The summed E-state index contributed by atoms with van der Waals surface area (Å²) in [5.41, 5.74) is 15.1. The van der Waals surface area contributed by atoms with Crippen LogP contribution in [0.5, 0.6) is 0 Å². The minimum atomic E-state index is -0.323. The maximum Gasteiger partial charge on any atom is 2.00 e. The van der Waals surface area contributed by atoms with Crippen LogP contribution in [0.2, 0.25) is 0 Å². The molecule has 0 fully saturated rings. The Kier molecular flexibility index (Phi) is 11.5. The number of aryl methyl sites for hydroxylation is 3. The van der Waals surface area contributed by atoms with Crippen LogP contribution in [0, 0.1) is 38.8 Å². The second-order valence-electron chi connectivity index (χ2n) is 19.6. The standard InChI is InChI=1S/C56H60N4O.Pt/c1-12-17-40(18-13-2)56(11)34-61-53(58-56)39-28-38(52-36(4)19-16-20-37(52)5)29-42(30-39)59-48-22-15-14-21-45(48)55(9,10)46-32-44-43-27-35(3)23-24-47(43)60(49(44)33-50(46)59)51-31-41(25-26-57-51)54(6,7)8;/h14-16,19-29,31-32,40H,12-13,17-18,34H2,1-11H3;/q-2;+2/t56-;/m0./s1. The van der Waals surface area contributed by atoms with Crippen molar-refractivity contribution in [2.24, 2.45) is 10.9 Å². The molecule has 0 aliphatic carbocycles. The summed E-state index contributed by atoms with van der Waals surface area (Å²) in [6.45, 7) is 25.5. The van der Waals surface area contributed by atoms with E-state index in [4.69, 9.17) is 14.7 Å². The average Bonchev–Trinajstić information content (AvgIpc) is 3.78. The summed E-state index contributed by atoms with van der Waals surface area (Å²) in [6.07, 6.45) is 6.49. The molecule has 2 aliphatic heterocycles. The first-order valence-corrected chi connectivity index (χ1v) is 22.4. The maximum atomic E-state index is 6.68. The zero-order chi connectivity index (χ0) is 43.0. The first-order valence-electron chi connectivity index (χ1n) is 22.4. The van der Waals surface area contributed by atoms with Crippen molar-refractivity contribution in [3.05, 3.63) is 148 Å². The third-order valence-corrected chi connectivity index (χ3v) is 13.6. The summed E-state index contributed by atoms with van der Waals surface area (Å²) in [4.78, 5) is 12.9. The van der Waals surface area contributed by atoms with Crippen molar-refractivity contribution < 1.29 is 25.8 Å². The first kappa shape index (κ1) is 43.6. The minimum Gasteiger partial charge on any atom is -0.518 e. The third kappa shape index (κ3) is 7.32. The second-order valence-corrected chi connectivity index (χ2v) is 19.6. The summed E-state index contributed by atoms with van der Waals surface area (Å²) in [5, 5.41) is 2.37. The van der Waals surface area contributed by atoms with E-state index in [2.05, 4.69) is 189 Å². The van der Waals surface area contributed by atoms with E-state index in [1.807, 2.05) is 6.20 Å². The van der Waals surface area contributed by atoms with Crippen molar-refractivity contribution in [3.8, 4) is 16.9 Å². The number of hydrogen-bond donors (Lipinski definition) is 0. The molecule has 320 valence electrons. The molecule has 0 amide bonds. The zero-order valence-corrected chi connectivity index (χ0v) is 40.6. The van der Waals surface area contributed by atoms with Gasteiger partial charge in [0.25, 0.3) is 0 Å². The molecule has 6 heteroatoms. The Morgan fingerprint density at radius 1 is 0.790 bits per heavy atom. The molecule has 0 radical (unpaired) electrons. The molecular formula is C56H60N4OPt. The largest absolute Gasteiger partial charge is 2.00 e. The molecule has 0 N–H and O–H groups in total. The van der Waals surface area contributed by atoms with Crippen molar-refractivity contribution in [2.75, 3.05) is 11.5 Å². The predicted molar refractivity (Wildman–Crippen MR) is 256 cm³/mol. The fourth-order valence-corrected chi connectivity index (χ4v) is 10.2. The summed E-state index contributed by atoms with van der Waals surface area (Å²) in [6, 6.07) is 41.6. The van der Waals surface area contributed by atoms with Gasteiger partial charge in [-0.2, -0.15) is 6.07 Å². The van der Waals surface area contributed by atoms with Crippen LogP contribution in [0.1, 0.15) is 120 Å². The Labute approximate surface area is 383 Å². The minimum absolute atomic E-state index is 0. The molecule has 0 saturated carbocycles. The molecule has 2 aliphatic rings. The Balaban J connectivity index is 0.00000529. The van der Waals surface area contributed by atoms with Crippen LogP contribution in [0.3, 0.4) is 0 Å². The Morgan fingerprint density at radius 3 is 2.23 bits per heavy atom. The molecule has 1 atom stereocenters. The van der Waals surface area contributed by atoms with Gasteiger partial charge in [-0.3, -0.25) is 4.99 Å². The van der Waals surface area contributed by atoms with Crippen molar-refractivity contribution in [1.29, 1.82) is 0 Å². The number of anilines is 3. The number of ether oxygens (including phenoxy) is 1. The molecule has 0 spiro atoms. The first-order chi connectivity index (χ1) is 29.1. The summed E-state index contributed by atoms with van der Waals surface area (Å²) in [7, 11) is 0. The van der Waals surface area contributed by atoms with Crippen LogP contribution in [0.15, 0.2) is 102 Å². The predicted octanol–water partition coefficient (Wildman–Crippen LogP) is 14.5. The SMILES string of the molecule is CCCC(CCC)[C@]1(C)COC(c2[c-]c(N3c4[c-]c5c(cc4C(C)(C)c4ccccc43)c3cc(C)ccc3n5-c3cc(C(C)(C)C)ccn3)cc(-c3c(C)cccc3C)c2)=N1.[Pt+2]. The van der Waals surface area contributed by atoms with E-state index in [-0.39, 0.29) is 37.4 Å². The average molecular weight is 1000 g/mol. The van der Waals surface area contributed by atoms with Crippen LogP contribution in [-0.4, -0.2) is 27.6 Å². The number of para-hydroxylation sites is 1.